The van der Waals surface area contributed by atoms with Gasteiger partial charge in [0.1, 0.15) is 5.82 Å². The van der Waals surface area contributed by atoms with Gasteiger partial charge in [0.15, 0.2) is 5.15 Å². The average Bonchev–Trinajstić information content (AvgIpc) is 2.97. The van der Waals surface area contributed by atoms with E-state index in [1.807, 2.05) is 41.0 Å². The number of imidazole rings is 1. The molecule has 0 aliphatic rings. The largest absolute Gasteiger partial charge is 0.390 e. The molecule has 0 spiro atoms. The fourth-order valence-electron chi connectivity index (χ4n) is 3.09. The van der Waals surface area contributed by atoms with E-state index >= 15 is 0 Å². The van der Waals surface area contributed by atoms with Crippen LogP contribution in [0.3, 0.4) is 0 Å². The lowest BCUT2D eigenvalue weighted by atomic mass is 10.1. The number of rotatable bonds is 4. The number of aliphatic hydroxyl groups excluding tert-OH is 1. The van der Waals surface area contributed by atoms with Gasteiger partial charge in [-0.15, -0.1) is 0 Å². The third-order valence-corrected chi connectivity index (χ3v) is 4.67. The van der Waals surface area contributed by atoms with Crippen LogP contribution in [0.1, 0.15) is 11.3 Å². The van der Waals surface area contributed by atoms with Crippen molar-refractivity contribution >= 4 is 22.4 Å². The van der Waals surface area contributed by atoms with Crippen molar-refractivity contribution in [1.82, 2.24) is 9.55 Å². The number of halogens is 1. The molecule has 3 aromatic carbocycles. The van der Waals surface area contributed by atoms with Crippen LogP contribution in [0.4, 0.5) is 0 Å². The number of fused-ring (bicyclic) bond motifs is 1. The first-order valence-corrected chi connectivity index (χ1v) is 8.53. The SMILES string of the molecule is OCc1c(Cl)nc(-c2ccc3ccccc3c2)n1Cc1ccccc1. The predicted molar refractivity (Wildman–Crippen MR) is 102 cm³/mol. The van der Waals surface area contributed by atoms with Crippen molar-refractivity contribution in [1.29, 1.82) is 0 Å². The maximum absolute atomic E-state index is 9.76. The van der Waals surface area contributed by atoms with Gasteiger partial charge < -0.3 is 9.67 Å². The quantitative estimate of drug-likeness (QED) is 0.569. The second-order valence-corrected chi connectivity index (χ2v) is 6.32. The van der Waals surface area contributed by atoms with Gasteiger partial charge >= 0.3 is 0 Å². The van der Waals surface area contributed by atoms with E-state index < -0.39 is 0 Å². The second kappa shape index (κ2) is 6.71. The van der Waals surface area contributed by atoms with E-state index in [2.05, 4.69) is 41.4 Å². The summed E-state index contributed by atoms with van der Waals surface area (Å²) in [5.74, 6) is 0.767. The number of aromatic nitrogens is 2. The Morgan fingerprint density at radius 3 is 2.36 bits per heavy atom. The summed E-state index contributed by atoms with van der Waals surface area (Å²) in [5.41, 5.74) is 2.75. The third kappa shape index (κ3) is 3.04. The Morgan fingerprint density at radius 2 is 1.60 bits per heavy atom. The highest BCUT2D eigenvalue weighted by molar-refractivity contribution is 6.30. The number of hydrogen-bond donors (Lipinski definition) is 1. The summed E-state index contributed by atoms with van der Waals surface area (Å²) in [6.07, 6.45) is 0. The number of benzene rings is 3. The molecule has 0 unspecified atom stereocenters. The fourth-order valence-corrected chi connectivity index (χ4v) is 3.33. The van der Waals surface area contributed by atoms with Crippen molar-refractivity contribution in [2.45, 2.75) is 13.2 Å². The average molecular weight is 349 g/mol. The van der Waals surface area contributed by atoms with Gasteiger partial charge in [0.25, 0.3) is 0 Å². The Morgan fingerprint density at radius 1 is 0.880 bits per heavy atom. The Bertz CT molecular complexity index is 1020. The summed E-state index contributed by atoms with van der Waals surface area (Å²) in [4.78, 5) is 4.52. The van der Waals surface area contributed by atoms with Gasteiger partial charge in [0.2, 0.25) is 0 Å². The van der Waals surface area contributed by atoms with Gasteiger partial charge in [-0.05, 0) is 22.4 Å². The van der Waals surface area contributed by atoms with E-state index in [1.165, 1.54) is 5.39 Å². The zero-order chi connectivity index (χ0) is 17.2. The van der Waals surface area contributed by atoms with Crippen molar-refractivity contribution in [2.24, 2.45) is 0 Å². The summed E-state index contributed by atoms with van der Waals surface area (Å²) in [6, 6.07) is 24.6. The van der Waals surface area contributed by atoms with Crippen LogP contribution >= 0.6 is 11.6 Å². The Labute approximate surface area is 151 Å². The molecule has 0 bridgehead atoms. The minimum absolute atomic E-state index is 0.147. The molecule has 0 radical (unpaired) electrons. The summed E-state index contributed by atoms with van der Waals surface area (Å²) >= 11 is 6.29. The van der Waals surface area contributed by atoms with Crippen molar-refractivity contribution in [3.05, 3.63) is 89.2 Å². The van der Waals surface area contributed by atoms with E-state index in [4.69, 9.17) is 11.6 Å². The predicted octanol–water partition coefficient (Wildman–Crippen LogP) is 4.90. The molecule has 0 aliphatic heterocycles. The molecule has 0 amide bonds. The van der Waals surface area contributed by atoms with Gasteiger partial charge in [-0.25, -0.2) is 4.98 Å². The summed E-state index contributed by atoms with van der Waals surface area (Å²) < 4.78 is 1.99. The summed E-state index contributed by atoms with van der Waals surface area (Å²) in [5, 5.41) is 12.4. The smallest absolute Gasteiger partial charge is 0.153 e. The highest BCUT2D eigenvalue weighted by Gasteiger charge is 2.17. The van der Waals surface area contributed by atoms with E-state index in [1.54, 1.807) is 0 Å². The number of nitrogens with zero attached hydrogens (tertiary/aromatic N) is 2. The van der Waals surface area contributed by atoms with E-state index in [0.29, 0.717) is 17.4 Å². The molecule has 25 heavy (non-hydrogen) atoms. The van der Waals surface area contributed by atoms with E-state index in [-0.39, 0.29) is 6.61 Å². The zero-order valence-corrected chi connectivity index (χ0v) is 14.3. The maximum atomic E-state index is 9.76. The normalized spacial score (nSPS) is 11.1. The first-order chi connectivity index (χ1) is 12.3. The first kappa shape index (κ1) is 15.9. The number of aliphatic hydroxyl groups is 1. The number of hydrogen-bond acceptors (Lipinski definition) is 2. The topological polar surface area (TPSA) is 38.1 Å². The van der Waals surface area contributed by atoms with Gasteiger partial charge in [-0.1, -0.05) is 78.3 Å². The molecule has 1 aromatic heterocycles. The highest BCUT2D eigenvalue weighted by Crippen LogP contribution is 2.29. The highest BCUT2D eigenvalue weighted by atomic mass is 35.5. The Kier molecular flexibility index (Phi) is 4.26. The van der Waals surface area contributed by atoms with E-state index in [0.717, 1.165) is 22.3 Å². The molecule has 1 heterocycles. The zero-order valence-electron chi connectivity index (χ0n) is 13.6. The van der Waals surface area contributed by atoms with Crippen molar-refractivity contribution in [3.8, 4) is 11.4 Å². The minimum atomic E-state index is -0.147. The van der Waals surface area contributed by atoms with Crippen LogP contribution < -0.4 is 0 Å². The fraction of sp³-hybridized carbons (Fsp3) is 0.0952. The molecule has 0 aliphatic carbocycles. The molecule has 0 atom stereocenters. The van der Waals surface area contributed by atoms with Crippen LogP contribution in [-0.4, -0.2) is 14.7 Å². The molecule has 0 fully saturated rings. The van der Waals surface area contributed by atoms with Crippen molar-refractivity contribution < 1.29 is 5.11 Å². The van der Waals surface area contributed by atoms with Crippen LogP contribution in [0.15, 0.2) is 72.8 Å². The molecule has 3 nitrogen and oxygen atoms in total. The van der Waals surface area contributed by atoms with Crippen molar-refractivity contribution in [3.63, 3.8) is 0 Å². The van der Waals surface area contributed by atoms with Gasteiger partial charge in [0.05, 0.1) is 12.3 Å². The molecule has 1 N–H and O–H groups in total. The van der Waals surface area contributed by atoms with Crippen LogP contribution in [-0.2, 0) is 13.2 Å². The maximum Gasteiger partial charge on any atom is 0.153 e. The van der Waals surface area contributed by atoms with Gasteiger partial charge in [0, 0.05) is 12.1 Å². The van der Waals surface area contributed by atoms with E-state index in [9.17, 15) is 5.11 Å². The molecule has 4 rings (SSSR count). The van der Waals surface area contributed by atoms with Crippen LogP contribution in [0.25, 0.3) is 22.2 Å². The Hall–Kier alpha value is -2.62. The molecule has 0 saturated heterocycles. The van der Waals surface area contributed by atoms with Crippen molar-refractivity contribution in [2.75, 3.05) is 0 Å². The lowest BCUT2D eigenvalue weighted by Crippen LogP contribution is -2.06. The lowest BCUT2D eigenvalue weighted by Gasteiger charge is -2.12. The van der Waals surface area contributed by atoms with Crippen LogP contribution in [0, 0.1) is 0 Å². The second-order valence-electron chi connectivity index (χ2n) is 5.96. The van der Waals surface area contributed by atoms with Crippen LogP contribution in [0.2, 0.25) is 5.15 Å². The standard InChI is InChI=1S/C21H17ClN2O/c22-20-19(14-25)24(13-15-6-2-1-3-7-15)21(23-20)18-11-10-16-8-4-5-9-17(16)12-18/h1-12,25H,13-14H2. The lowest BCUT2D eigenvalue weighted by molar-refractivity contribution is 0.272. The Balaban J connectivity index is 1.85. The molecule has 4 aromatic rings. The molecule has 124 valence electrons. The summed E-state index contributed by atoms with van der Waals surface area (Å²) in [6.45, 7) is 0.463. The first-order valence-electron chi connectivity index (χ1n) is 8.15. The molecular weight excluding hydrogens is 332 g/mol. The van der Waals surface area contributed by atoms with Gasteiger partial charge in [-0.2, -0.15) is 0 Å². The monoisotopic (exact) mass is 348 g/mol. The third-order valence-electron chi connectivity index (χ3n) is 4.36. The molecular formula is C21H17ClN2O. The van der Waals surface area contributed by atoms with Gasteiger partial charge in [-0.3, -0.25) is 0 Å². The van der Waals surface area contributed by atoms with Crippen LogP contribution in [0.5, 0.6) is 0 Å². The summed E-state index contributed by atoms with van der Waals surface area (Å²) in [7, 11) is 0. The minimum Gasteiger partial charge on any atom is -0.390 e. The molecule has 0 saturated carbocycles. The molecule has 4 heteroatoms.